The molecule has 0 aromatic carbocycles. The summed E-state index contributed by atoms with van der Waals surface area (Å²) >= 11 is 0. The average Bonchev–Trinajstić information content (AvgIpc) is 2.68. The molecule has 7 nitrogen and oxygen atoms in total. The highest BCUT2D eigenvalue weighted by Gasteiger charge is 2.45. The zero-order valence-electron chi connectivity index (χ0n) is 10.1. The van der Waals surface area contributed by atoms with Gasteiger partial charge >= 0.3 is 5.97 Å². The Labute approximate surface area is 103 Å². The van der Waals surface area contributed by atoms with E-state index < -0.39 is 16.9 Å². The first-order valence-corrected chi connectivity index (χ1v) is 5.78. The summed E-state index contributed by atoms with van der Waals surface area (Å²) in [5.74, 6) is -0.598. The Morgan fingerprint density at radius 1 is 1.72 bits per heavy atom. The van der Waals surface area contributed by atoms with E-state index >= 15 is 0 Å². The van der Waals surface area contributed by atoms with Crippen molar-refractivity contribution in [3.63, 3.8) is 0 Å². The van der Waals surface area contributed by atoms with Crippen LogP contribution in [0.2, 0.25) is 0 Å². The molecule has 0 aliphatic heterocycles. The molecule has 2 rings (SSSR count). The van der Waals surface area contributed by atoms with Gasteiger partial charge < -0.3 is 21.1 Å². The normalized spacial score (nSPS) is 27.1. The van der Waals surface area contributed by atoms with Gasteiger partial charge in [-0.25, -0.2) is 4.98 Å². The van der Waals surface area contributed by atoms with Crippen molar-refractivity contribution in [1.82, 2.24) is 9.97 Å². The molecular formula is C11H16N4O3. The summed E-state index contributed by atoms with van der Waals surface area (Å²) in [5.41, 5.74) is 4.31. The van der Waals surface area contributed by atoms with E-state index in [1.54, 1.807) is 6.92 Å². The fourth-order valence-corrected chi connectivity index (χ4v) is 2.34. The summed E-state index contributed by atoms with van der Waals surface area (Å²) in [6, 6.07) is -0.272. The van der Waals surface area contributed by atoms with Gasteiger partial charge in [0, 0.05) is 6.04 Å². The SMILES string of the molecule is CC1(C(=O)O)CCCC1Nc1nc[nH]c(=O)c1N. The maximum absolute atomic E-state index is 11.3. The van der Waals surface area contributed by atoms with E-state index in [2.05, 4.69) is 15.3 Å². The third-order valence-corrected chi connectivity index (χ3v) is 3.65. The second-order valence-corrected chi connectivity index (χ2v) is 4.81. The first-order valence-electron chi connectivity index (χ1n) is 5.78. The van der Waals surface area contributed by atoms with Gasteiger partial charge in [0.1, 0.15) is 5.69 Å². The van der Waals surface area contributed by atoms with E-state index in [1.165, 1.54) is 6.33 Å². The number of carboxylic acid groups (broad SMARTS) is 1. The number of carbonyl (C=O) groups is 1. The third kappa shape index (κ3) is 1.92. The molecule has 18 heavy (non-hydrogen) atoms. The molecule has 5 N–H and O–H groups in total. The minimum absolute atomic E-state index is 0.0165. The number of nitrogens with one attached hydrogen (secondary N) is 2. The van der Waals surface area contributed by atoms with Gasteiger partial charge in [-0.05, 0) is 19.8 Å². The van der Waals surface area contributed by atoms with Crippen molar-refractivity contribution in [3.8, 4) is 0 Å². The van der Waals surface area contributed by atoms with Crippen LogP contribution in [0.5, 0.6) is 0 Å². The minimum Gasteiger partial charge on any atom is -0.481 e. The Hall–Kier alpha value is -2.05. The number of hydrogen-bond acceptors (Lipinski definition) is 5. The molecule has 98 valence electrons. The summed E-state index contributed by atoms with van der Waals surface area (Å²) < 4.78 is 0. The Balaban J connectivity index is 2.26. The van der Waals surface area contributed by atoms with Crippen molar-refractivity contribution in [2.75, 3.05) is 11.1 Å². The highest BCUT2D eigenvalue weighted by molar-refractivity contribution is 5.76. The van der Waals surface area contributed by atoms with Crippen molar-refractivity contribution in [2.45, 2.75) is 32.2 Å². The van der Waals surface area contributed by atoms with Crippen LogP contribution in [-0.2, 0) is 4.79 Å². The largest absolute Gasteiger partial charge is 0.481 e. The Morgan fingerprint density at radius 3 is 3.11 bits per heavy atom. The molecule has 0 spiro atoms. The van der Waals surface area contributed by atoms with Gasteiger partial charge in [0.15, 0.2) is 5.82 Å². The van der Waals surface area contributed by atoms with Crippen LogP contribution in [0.25, 0.3) is 0 Å². The molecule has 2 atom stereocenters. The quantitative estimate of drug-likeness (QED) is 0.618. The molecule has 0 amide bonds. The first-order chi connectivity index (χ1) is 8.45. The van der Waals surface area contributed by atoms with Gasteiger partial charge in [-0.2, -0.15) is 0 Å². The van der Waals surface area contributed by atoms with Crippen molar-refractivity contribution >= 4 is 17.5 Å². The third-order valence-electron chi connectivity index (χ3n) is 3.65. The van der Waals surface area contributed by atoms with E-state index in [9.17, 15) is 14.7 Å². The molecule has 1 saturated carbocycles. The van der Waals surface area contributed by atoms with Crippen molar-refractivity contribution in [3.05, 3.63) is 16.7 Å². The molecule has 0 radical (unpaired) electrons. The number of nitrogen functional groups attached to an aromatic ring is 1. The van der Waals surface area contributed by atoms with Gasteiger partial charge in [0.25, 0.3) is 5.56 Å². The summed E-state index contributed by atoms with van der Waals surface area (Å²) in [5, 5.41) is 12.3. The van der Waals surface area contributed by atoms with Crippen LogP contribution in [0.4, 0.5) is 11.5 Å². The molecule has 1 aliphatic carbocycles. The lowest BCUT2D eigenvalue weighted by Gasteiger charge is -2.28. The number of anilines is 2. The van der Waals surface area contributed by atoms with Gasteiger partial charge in [-0.15, -0.1) is 0 Å². The number of carboxylic acids is 1. The monoisotopic (exact) mass is 252 g/mol. The van der Waals surface area contributed by atoms with Gasteiger partial charge in [0.05, 0.1) is 11.7 Å². The molecule has 0 saturated heterocycles. The predicted molar refractivity (Wildman–Crippen MR) is 66.3 cm³/mol. The molecular weight excluding hydrogens is 236 g/mol. The van der Waals surface area contributed by atoms with Gasteiger partial charge in [-0.1, -0.05) is 6.42 Å². The molecule has 0 bridgehead atoms. The Bertz CT molecular complexity index is 527. The highest BCUT2D eigenvalue weighted by atomic mass is 16.4. The van der Waals surface area contributed by atoms with Crippen LogP contribution in [0, 0.1) is 5.41 Å². The number of rotatable bonds is 3. The Kier molecular flexibility index (Phi) is 2.98. The molecule has 1 fully saturated rings. The maximum Gasteiger partial charge on any atom is 0.311 e. The summed E-state index contributed by atoms with van der Waals surface area (Å²) in [4.78, 5) is 29.0. The van der Waals surface area contributed by atoms with Crippen LogP contribution < -0.4 is 16.6 Å². The standard InChI is InChI=1S/C11H16N4O3/c1-11(10(17)18)4-2-3-6(11)15-8-7(12)9(16)14-5-13-8/h5-6H,2-4,12H2,1H3,(H,17,18)(H2,13,14,15,16). The zero-order chi connectivity index (χ0) is 13.3. The highest BCUT2D eigenvalue weighted by Crippen LogP contribution is 2.39. The lowest BCUT2D eigenvalue weighted by atomic mass is 9.85. The minimum atomic E-state index is -0.850. The van der Waals surface area contributed by atoms with Crippen LogP contribution in [-0.4, -0.2) is 27.1 Å². The van der Waals surface area contributed by atoms with Crippen LogP contribution in [0.3, 0.4) is 0 Å². The number of nitrogens with two attached hydrogens (primary N) is 1. The first kappa shape index (κ1) is 12.4. The van der Waals surface area contributed by atoms with E-state index in [4.69, 9.17) is 5.73 Å². The summed E-state index contributed by atoms with van der Waals surface area (Å²) in [7, 11) is 0. The summed E-state index contributed by atoms with van der Waals surface area (Å²) in [6.45, 7) is 1.70. The molecule has 1 aromatic heterocycles. The van der Waals surface area contributed by atoms with Crippen molar-refractivity contribution in [1.29, 1.82) is 0 Å². The Morgan fingerprint density at radius 2 is 2.44 bits per heavy atom. The van der Waals surface area contributed by atoms with E-state index in [0.717, 1.165) is 12.8 Å². The number of H-pyrrole nitrogens is 1. The van der Waals surface area contributed by atoms with Crippen LogP contribution in [0.15, 0.2) is 11.1 Å². The molecule has 1 heterocycles. The van der Waals surface area contributed by atoms with Gasteiger partial charge in [-0.3, -0.25) is 9.59 Å². The molecule has 7 heteroatoms. The van der Waals surface area contributed by atoms with E-state index in [0.29, 0.717) is 6.42 Å². The topological polar surface area (TPSA) is 121 Å². The smallest absolute Gasteiger partial charge is 0.311 e. The van der Waals surface area contributed by atoms with Crippen molar-refractivity contribution in [2.24, 2.45) is 5.41 Å². The van der Waals surface area contributed by atoms with Gasteiger partial charge in [0.2, 0.25) is 0 Å². The zero-order valence-corrected chi connectivity index (χ0v) is 10.1. The number of hydrogen-bond donors (Lipinski definition) is 4. The second-order valence-electron chi connectivity index (χ2n) is 4.81. The van der Waals surface area contributed by atoms with E-state index in [1.807, 2.05) is 0 Å². The maximum atomic E-state index is 11.3. The lowest BCUT2D eigenvalue weighted by molar-refractivity contribution is -0.147. The van der Waals surface area contributed by atoms with Crippen molar-refractivity contribution < 1.29 is 9.90 Å². The molecule has 2 unspecified atom stereocenters. The molecule has 1 aliphatic rings. The van der Waals surface area contributed by atoms with E-state index in [-0.39, 0.29) is 17.5 Å². The number of nitrogens with zero attached hydrogens (tertiary/aromatic N) is 1. The fraction of sp³-hybridized carbons (Fsp3) is 0.545. The predicted octanol–water partition coefficient (Wildman–Crippen LogP) is 0.407. The number of aromatic amines is 1. The molecule has 1 aromatic rings. The summed E-state index contributed by atoms with van der Waals surface area (Å²) in [6.07, 6.45) is 3.39. The number of aromatic nitrogens is 2. The lowest BCUT2D eigenvalue weighted by Crippen LogP contribution is -2.40. The fourth-order valence-electron chi connectivity index (χ4n) is 2.34. The van der Waals surface area contributed by atoms with Crippen LogP contribution in [0.1, 0.15) is 26.2 Å². The second kappa shape index (κ2) is 4.32. The average molecular weight is 252 g/mol. The number of aliphatic carboxylic acids is 1. The van der Waals surface area contributed by atoms with Crippen LogP contribution >= 0.6 is 0 Å².